The second-order valence-corrected chi connectivity index (χ2v) is 6.10. The van der Waals surface area contributed by atoms with Crippen molar-refractivity contribution < 1.29 is 8.42 Å². The first-order chi connectivity index (χ1) is 9.40. The second-order valence-electron chi connectivity index (χ2n) is 4.57. The molecule has 0 saturated carbocycles. The smallest absolute Gasteiger partial charge is 0.240 e. The number of benzene rings is 1. The highest BCUT2D eigenvalue weighted by molar-refractivity contribution is 7.89. The maximum atomic E-state index is 11.4. The van der Waals surface area contributed by atoms with Crippen molar-refractivity contribution in [3.63, 3.8) is 0 Å². The van der Waals surface area contributed by atoms with Gasteiger partial charge in [0.05, 0.1) is 11.4 Å². The van der Waals surface area contributed by atoms with Crippen LogP contribution < -0.4 is 16.2 Å². The first-order valence-corrected chi connectivity index (χ1v) is 8.32. The zero-order chi connectivity index (χ0) is 15.2. The van der Waals surface area contributed by atoms with Gasteiger partial charge in [-0.1, -0.05) is 19.9 Å². The molecule has 0 atom stereocenters. The molecule has 6 nitrogen and oxygen atoms in total. The molecule has 0 fully saturated rings. The van der Waals surface area contributed by atoms with Crippen LogP contribution in [-0.2, 0) is 10.0 Å². The fraction of sp³-hybridized carbons (Fsp3) is 0.538. The average molecular weight is 300 g/mol. The fourth-order valence-electron chi connectivity index (χ4n) is 2.01. The van der Waals surface area contributed by atoms with Crippen molar-refractivity contribution in [3.05, 3.63) is 18.2 Å². The number of nitrogen functional groups attached to an aromatic ring is 1. The Morgan fingerprint density at radius 1 is 1.25 bits per heavy atom. The van der Waals surface area contributed by atoms with Gasteiger partial charge in [0, 0.05) is 6.54 Å². The number of para-hydroxylation sites is 1. The number of hydrogen-bond donors (Lipinski definition) is 3. The van der Waals surface area contributed by atoms with Crippen molar-refractivity contribution >= 4 is 21.4 Å². The Bertz CT molecular complexity index is 527. The summed E-state index contributed by atoms with van der Waals surface area (Å²) in [4.78, 5) is 2.29. The molecule has 0 aromatic heterocycles. The molecule has 0 heterocycles. The molecule has 0 aliphatic heterocycles. The molecule has 0 radical (unpaired) electrons. The van der Waals surface area contributed by atoms with E-state index < -0.39 is 10.0 Å². The lowest BCUT2D eigenvalue weighted by Gasteiger charge is -2.18. The molecule has 7 heteroatoms. The van der Waals surface area contributed by atoms with Gasteiger partial charge in [-0.15, -0.1) is 0 Å². The number of rotatable bonds is 8. The van der Waals surface area contributed by atoms with E-state index in [1.165, 1.54) is 6.07 Å². The zero-order valence-electron chi connectivity index (χ0n) is 12.1. The Hall–Kier alpha value is -1.31. The monoisotopic (exact) mass is 300 g/mol. The van der Waals surface area contributed by atoms with Gasteiger partial charge >= 0.3 is 0 Å². The molecule has 1 aromatic carbocycles. The van der Waals surface area contributed by atoms with E-state index >= 15 is 0 Å². The first kappa shape index (κ1) is 16.7. The Morgan fingerprint density at radius 2 is 1.90 bits per heavy atom. The summed E-state index contributed by atoms with van der Waals surface area (Å²) in [5, 5.41) is 8.27. The summed E-state index contributed by atoms with van der Waals surface area (Å²) in [5.41, 5.74) is 6.62. The molecule has 0 amide bonds. The lowest BCUT2D eigenvalue weighted by Crippen LogP contribution is -2.25. The minimum absolute atomic E-state index is 0.0359. The largest absolute Gasteiger partial charge is 0.396 e. The number of hydrogen-bond acceptors (Lipinski definition) is 5. The van der Waals surface area contributed by atoms with Gasteiger partial charge in [0.15, 0.2) is 0 Å². The van der Waals surface area contributed by atoms with Gasteiger partial charge in [-0.05, 0) is 38.2 Å². The zero-order valence-corrected chi connectivity index (χ0v) is 12.9. The number of nitrogens with zero attached hydrogens (tertiary/aromatic N) is 1. The van der Waals surface area contributed by atoms with E-state index in [1.54, 1.807) is 12.1 Å². The number of nitrogens with two attached hydrogens (primary N) is 2. The van der Waals surface area contributed by atoms with E-state index in [2.05, 4.69) is 24.1 Å². The molecule has 20 heavy (non-hydrogen) atoms. The summed E-state index contributed by atoms with van der Waals surface area (Å²) >= 11 is 0. The first-order valence-electron chi connectivity index (χ1n) is 6.77. The Kier molecular flexibility index (Phi) is 6.25. The Morgan fingerprint density at radius 3 is 2.45 bits per heavy atom. The lowest BCUT2D eigenvalue weighted by molar-refractivity contribution is 0.303. The molecule has 0 saturated heterocycles. The predicted octanol–water partition coefficient (Wildman–Crippen LogP) is 1.06. The summed E-state index contributed by atoms with van der Waals surface area (Å²) < 4.78 is 22.7. The molecule has 5 N–H and O–H groups in total. The molecule has 1 aromatic rings. The Labute approximate surface area is 121 Å². The van der Waals surface area contributed by atoms with Gasteiger partial charge in [-0.25, -0.2) is 13.6 Å². The molecule has 0 unspecified atom stereocenters. The Balaban J connectivity index is 2.62. The van der Waals surface area contributed by atoms with Crippen LogP contribution in [0.5, 0.6) is 0 Å². The summed E-state index contributed by atoms with van der Waals surface area (Å²) in [6, 6.07) is 4.79. The number of primary sulfonamides is 1. The number of nitrogens with one attached hydrogen (secondary N) is 1. The summed E-state index contributed by atoms with van der Waals surface area (Å²) in [6.07, 6.45) is 0.959. The van der Waals surface area contributed by atoms with Gasteiger partial charge in [0.2, 0.25) is 10.0 Å². The fourth-order valence-corrected chi connectivity index (χ4v) is 2.70. The summed E-state index contributed by atoms with van der Waals surface area (Å²) in [7, 11) is -3.78. The molecule has 114 valence electrons. The summed E-state index contributed by atoms with van der Waals surface area (Å²) in [5.74, 6) is 0. The third-order valence-corrected chi connectivity index (χ3v) is 4.20. The molecule has 0 bridgehead atoms. The lowest BCUT2D eigenvalue weighted by atomic mass is 10.2. The van der Waals surface area contributed by atoms with E-state index in [0.29, 0.717) is 5.69 Å². The molecular formula is C13H24N4O2S. The predicted molar refractivity (Wildman–Crippen MR) is 83.1 cm³/mol. The molecule has 0 aliphatic carbocycles. The van der Waals surface area contributed by atoms with Crippen LogP contribution in [0.4, 0.5) is 11.4 Å². The molecule has 0 spiro atoms. The standard InChI is InChI=1S/C13H24N4O2S/c1-3-17(4-2)10-6-9-16-11-7-5-8-12(13(11)14)20(15,18)19/h5,7-8,16H,3-4,6,9-10,14H2,1-2H3,(H2,15,18,19). The third kappa shape index (κ3) is 4.66. The van der Waals surface area contributed by atoms with E-state index in [-0.39, 0.29) is 10.6 Å². The molecular weight excluding hydrogens is 276 g/mol. The van der Waals surface area contributed by atoms with Gasteiger partial charge in [-0.3, -0.25) is 0 Å². The quantitative estimate of drug-likeness (QED) is 0.492. The maximum Gasteiger partial charge on any atom is 0.240 e. The van der Waals surface area contributed by atoms with Crippen LogP contribution in [0.2, 0.25) is 0 Å². The van der Waals surface area contributed by atoms with Crippen LogP contribution in [0.3, 0.4) is 0 Å². The maximum absolute atomic E-state index is 11.4. The van der Waals surface area contributed by atoms with Crippen molar-refractivity contribution in [2.75, 3.05) is 37.2 Å². The highest BCUT2D eigenvalue weighted by Gasteiger charge is 2.14. The normalized spacial score (nSPS) is 11.8. The van der Waals surface area contributed by atoms with Crippen molar-refractivity contribution in [3.8, 4) is 0 Å². The van der Waals surface area contributed by atoms with E-state index in [1.807, 2.05) is 0 Å². The second kappa shape index (κ2) is 7.47. The minimum atomic E-state index is -3.78. The van der Waals surface area contributed by atoms with Crippen LogP contribution in [0, 0.1) is 0 Å². The van der Waals surface area contributed by atoms with Crippen molar-refractivity contribution in [2.45, 2.75) is 25.2 Å². The van der Waals surface area contributed by atoms with Crippen molar-refractivity contribution in [2.24, 2.45) is 5.14 Å². The minimum Gasteiger partial charge on any atom is -0.396 e. The van der Waals surface area contributed by atoms with Crippen LogP contribution in [0.15, 0.2) is 23.1 Å². The van der Waals surface area contributed by atoms with Gasteiger partial charge in [0.1, 0.15) is 4.90 Å². The molecule has 0 aliphatic rings. The van der Waals surface area contributed by atoms with Gasteiger partial charge in [-0.2, -0.15) is 0 Å². The van der Waals surface area contributed by atoms with Crippen molar-refractivity contribution in [1.29, 1.82) is 0 Å². The van der Waals surface area contributed by atoms with Crippen LogP contribution >= 0.6 is 0 Å². The van der Waals surface area contributed by atoms with Gasteiger partial charge < -0.3 is 16.0 Å². The van der Waals surface area contributed by atoms with E-state index in [9.17, 15) is 8.42 Å². The third-order valence-electron chi connectivity index (χ3n) is 3.23. The van der Waals surface area contributed by atoms with E-state index in [0.717, 1.165) is 32.6 Å². The highest BCUT2D eigenvalue weighted by atomic mass is 32.2. The number of sulfonamides is 1. The van der Waals surface area contributed by atoms with Gasteiger partial charge in [0.25, 0.3) is 0 Å². The van der Waals surface area contributed by atoms with Crippen LogP contribution in [0.1, 0.15) is 20.3 Å². The highest BCUT2D eigenvalue weighted by Crippen LogP contribution is 2.25. The van der Waals surface area contributed by atoms with Crippen LogP contribution in [0.25, 0.3) is 0 Å². The topological polar surface area (TPSA) is 101 Å². The number of anilines is 2. The van der Waals surface area contributed by atoms with Crippen LogP contribution in [-0.4, -0.2) is 39.5 Å². The van der Waals surface area contributed by atoms with E-state index in [4.69, 9.17) is 10.9 Å². The average Bonchev–Trinajstić information content (AvgIpc) is 2.39. The van der Waals surface area contributed by atoms with Crippen molar-refractivity contribution in [1.82, 2.24) is 4.90 Å². The SMILES string of the molecule is CCN(CC)CCCNc1cccc(S(N)(=O)=O)c1N. The summed E-state index contributed by atoms with van der Waals surface area (Å²) in [6.45, 7) is 8.04. The molecule has 1 rings (SSSR count).